The molecule has 0 saturated carbocycles. The summed E-state index contributed by atoms with van der Waals surface area (Å²) in [6, 6.07) is 7.69. The van der Waals surface area contributed by atoms with Gasteiger partial charge in [-0.3, -0.25) is 9.69 Å². The first-order chi connectivity index (χ1) is 10.1. The fourth-order valence-corrected chi connectivity index (χ4v) is 2.83. The molecule has 0 aliphatic carbocycles. The van der Waals surface area contributed by atoms with Gasteiger partial charge in [-0.05, 0) is 31.0 Å². The van der Waals surface area contributed by atoms with E-state index in [0.29, 0.717) is 35.1 Å². The summed E-state index contributed by atoms with van der Waals surface area (Å²) in [7, 11) is 0. The van der Waals surface area contributed by atoms with E-state index in [0.717, 1.165) is 12.0 Å². The lowest BCUT2D eigenvalue weighted by Gasteiger charge is -2.18. The number of aromatic nitrogens is 2. The highest BCUT2D eigenvalue weighted by Crippen LogP contribution is 2.31. The molecule has 1 amide bonds. The fourth-order valence-electron chi connectivity index (χ4n) is 2.51. The smallest absolute Gasteiger partial charge is 0.228 e. The standard InChI is InChI=1S/C15H13ClN4O/c1-10-4-5-13(12(16)7-10)20-15(11(8-17)9-18-20)19-6-2-3-14(19)21/h4-5,7,9H,2-3,6H2,1H3. The molecule has 1 aliphatic heterocycles. The van der Waals surface area contributed by atoms with Crippen molar-refractivity contribution in [2.75, 3.05) is 11.4 Å². The number of halogens is 1. The molecule has 0 spiro atoms. The summed E-state index contributed by atoms with van der Waals surface area (Å²) in [6.07, 6.45) is 2.76. The molecule has 0 unspecified atom stereocenters. The van der Waals surface area contributed by atoms with E-state index in [9.17, 15) is 10.1 Å². The van der Waals surface area contributed by atoms with Crippen LogP contribution in [0.15, 0.2) is 24.4 Å². The van der Waals surface area contributed by atoms with E-state index in [-0.39, 0.29) is 5.91 Å². The van der Waals surface area contributed by atoms with E-state index in [1.807, 2.05) is 25.1 Å². The summed E-state index contributed by atoms with van der Waals surface area (Å²) in [5, 5.41) is 14.0. The quantitative estimate of drug-likeness (QED) is 0.857. The van der Waals surface area contributed by atoms with Crippen LogP contribution < -0.4 is 4.90 Å². The minimum atomic E-state index is 0.0106. The number of hydrogen-bond donors (Lipinski definition) is 0. The van der Waals surface area contributed by atoms with Crippen LogP contribution in [0.2, 0.25) is 5.02 Å². The summed E-state index contributed by atoms with van der Waals surface area (Å²) in [5.41, 5.74) is 2.08. The molecule has 3 rings (SSSR count). The number of amides is 1. The molecule has 21 heavy (non-hydrogen) atoms. The van der Waals surface area contributed by atoms with E-state index in [2.05, 4.69) is 11.2 Å². The Morgan fingerprint density at radius 2 is 2.24 bits per heavy atom. The second-order valence-electron chi connectivity index (χ2n) is 5.01. The molecular weight excluding hydrogens is 288 g/mol. The number of nitriles is 1. The largest absolute Gasteiger partial charge is 0.296 e. The number of nitrogens with zero attached hydrogens (tertiary/aromatic N) is 4. The van der Waals surface area contributed by atoms with Gasteiger partial charge in [0.15, 0.2) is 5.82 Å². The molecule has 6 heteroatoms. The van der Waals surface area contributed by atoms with Gasteiger partial charge in [0.05, 0.1) is 16.9 Å². The van der Waals surface area contributed by atoms with Gasteiger partial charge in [-0.15, -0.1) is 0 Å². The summed E-state index contributed by atoms with van der Waals surface area (Å²) in [6.45, 7) is 2.55. The van der Waals surface area contributed by atoms with Crippen LogP contribution in [0.5, 0.6) is 0 Å². The molecule has 1 aromatic heterocycles. The lowest BCUT2D eigenvalue weighted by atomic mass is 10.2. The van der Waals surface area contributed by atoms with Crippen molar-refractivity contribution in [3.05, 3.63) is 40.5 Å². The van der Waals surface area contributed by atoms with Crippen molar-refractivity contribution in [2.45, 2.75) is 19.8 Å². The van der Waals surface area contributed by atoms with Crippen LogP contribution in [0.25, 0.3) is 5.69 Å². The van der Waals surface area contributed by atoms with Crippen molar-refractivity contribution in [3.63, 3.8) is 0 Å². The molecule has 106 valence electrons. The van der Waals surface area contributed by atoms with Crippen molar-refractivity contribution in [2.24, 2.45) is 0 Å². The minimum Gasteiger partial charge on any atom is -0.296 e. The van der Waals surface area contributed by atoms with Crippen LogP contribution in [0.4, 0.5) is 5.82 Å². The Balaban J connectivity index is 2.18. The van der Waals surface area contributed by atoms with Gasteiger partial charge in [0, 0.05) is 13.0 Å². The first-order valence-corrected chi connectivity index (χ1v) is 7.04. The maximum Gasteiger partial charge on any atom is 0.228 e. The average Bonchev–Trinajstić information content (AvgIpc) is 3.04. The average molecular weight is 301 g/mol. The SMILES string of the molecule is Cc1ccc(-n2ncc(C#N)c2N2CCCC2=O)c(Cl)c1. The maximum atomic E-state index is 12.0. The van der Waals surface area contributed by atoms with Gasteiger partial charge in [-0.1, -0.05) is 17.7 Å². The summed E-state index contributed by atoms with van der Waals surface area (Å²) in [5.74, 6) is 0.516. The van der Waals surface area contributed by atoms with Gasteiger partial charge < -0.3 is 0 Å². The number of carbonyl (C=O) groups excluding carboxylic acids is 1. The number of rotatable bonds is 2. The Morgan fingerprint density at radius 1 is 1.43 bits per heavy atom. The van der Waals surface area contributed by atoms with Crippen molar-refractivity contribution in [3.8, 4) is 11.8 Å². The molecule has 0 bridgehead atoms. The third kappa shape index (κ3) is 2.28. The Morgan fingerprint density at radius 3 is 2.86 bits per heavy atom. The van der Waals surface area contributed by atoms with E-state index >= 15 is 0 Å². The van der Waals surface area contributed by atoms with Crippen molar-refractivity contribution in [1.29, 1.82) is 5.26 Å². The number of anilines is 1. The molecule has 1 aromatic carbocycles. The second-order valence-corrected chi connectivity index (χ2v) is 5.42. The Bertz CT molecular complexity index is 760. The first kappa shape index (κ1) is 13.7. The maximum absolute atomic E-state index is 12.0. The highest BCUT2D eigenvalue weighted by molar-refractivity contribution is 6.32. The molecule has 5 nitrogen and oxygen atoms in total. The summed E-state index contributed by atoms with van der Waals surface area (Å²) in [4.78, 5) is 13.6. The molecular formula is C15H13ClN4O. The van der Waals surface area contributed by atoms with Gasteiger partial charge >= 0.3 is 0 Å². The van der Waals surface area contributed by atoms with Crippen LogP contribution in [0.3, 0.4) is 0 Å². The van der Waals surface area contributed by atoms with Gasteiger partial charge in [0.2, 0.25) is 5.91 Å². The lowest BCUT2D eigenvalue weighted by Crippen LogP contribution is -2.27. The van der Waals surface area contributed by atoms with Crippen molar-refractivity contribution in [1.82, 2.24) is 9.78 Å². The van der Waals surface area contributed by atoms with Gasteiger partial charge in [-0.25, -0.2) is 4.68 Å². The van der Waals surface area contributed by atoms with Crippen LogP contribution >= 0.6 is 11.6 Å². The number of benzene rings is 1. The van der Waals surface area contributed by atoms with Gasteiger partial charge in [0.25, 0.3) is 0 Å². The molecule has 0 radical (unpaired) electrons. The highest BCUT2D eigenvalue weighted by atomic mass is 35.5. The zero-order valence-electron chi connectivity index (χ0n) is 11.5. The van der Waals surface area contributed by atoms with E-state index in [1.165, 1.54) is 6.20 Å². The lowest BCUT2D eigenvalue weighted by molar-refractivity contribution is -0.117. The Hall–Kier alpha value is -2.32. The van der Waals surface area contributed by atoms with Gasteiger partial charge in [-0.2, -0.15) is 10.4 Å². The zero-order chi connectivity index (χ0) is 15.0. The van der Waals surface area contributed by atoms with Crippen LogP contribution in [0.1, 0.15) is 24.0 Å². The minimum absolute atomic E-state index is 0.0106. The summed E-state index contributed by atoms with van der Waals surface area (Å²) < 4.78 is 1.57. The zero-order valence-corrected chi connectivity index (χ0v) is 12.3. The molecule has 0 atom stereocenters. The molecule has 1 aliphatic rings. The Kier molecular flexibility index (Phi) is 3.40. The highest BCUT2D eigenvalue weighted by Gasteiger charge is 2.28. The van der Waals surface area contributed by atoms with Crippen molar-refractivity contribution >= 4 is 23.3 Å². The first-order valence-electron chi connectivity index (χ1n) is 6.67. The van der Waals surface area contributed by atoms with E-state index < -0.39 is 0 Å². The number of carbonyl (C=O) groups is 1. The molecule has 2 aromatic rings. The molecule has 1 saturated heterocycles. The molecule has 0 N–H and O–H groups in total. The van der Waals surface area contributed by atoms with Gasteiger partial charge in [0.1, 0.15) is 11.6 Å². The van der Waals surface area contributed by atoms with Crippen LogP contribution in [-0.4, -0.2) is 22.2 Å². The van der Waals surface area contributed by atoms with E-state index in [1.54, 1.807) is 9.58 Å². The number of aryl methyl sites for hydroxylation is 1. The predicted octanol–water partition coefficient (Wildman–Crippen LogP) is 2.83. The van der Waals surface area contributed by atoms with E-state index in [4.69, 9.17) is 11.6 Å². The Labute approximate surface area is 127 Å². The topological polar surface area (TPSA) is 61.9 Å². The normalized spacial score (nSPS) is 14.5. The summed E-state index contributed by atoms with van der Waals surface area (Å²) >= 11 is 6.28. The third-order valence-corrected chi connectivity index (χ3v) is 3.83. The van der Waals surface area contributed by atoms with Crippen LogP contribution in [-0.2, 0) is 4.79 Å². The number of hydrogen-bond acceptors (Lipinski definition) is 3. The predicted molar refractivity (Wildman–Crippen MR) is 79.6 cm³/mol. The molecule has 1 fully saturated rings. The third-order valence-electron chi connectivity index (χ3n) is 3.52. The monoisotopic (exact) mass is 300 g/mol. The van der Waals surface area contributed by atoms with Crippen molar-refractivity contribution < 1.29 is 4.79 Å². The fraction of sp³-hybridized carbons (Fsp3) is 0.267. The van der Waals surface area contributed by atoms with Crippen LogP contribution in [0, 0.1) is 18.3 Å². The molecule has 2 heterocycles. The second kappa shape index (κ2) is 5.23.